The normalized spacial score (nSPS) is 10.5. The molecule has 0 aliphatic heterocycles. The summed E-state index contributed by atoms with van der Waals surface area (Å²) in [5.41, 5.74) is 2.66. The molecule has 2 N–H and O–H groups in total. The third kappa shape index (κ3) is 4.78. The van der Waals surface area contributed by atoms with Gasteiger partial charge in [0.15, 0.2) is 5.82 Å². The molecule has 1 aromatic carbocycles. The molecule has 3 aromatic rings. The van der Waals surface area contributed by atoms with Crippen molar-refractivity contribution in [2.45, 2.75) is 12.8 Å². The van der Waals surface area contributed by atoms with E-state index in [-0.39, 0.29) is 11.8 Å². The lowest BCUT2D eigenvalue weighted by atomic mass is 10.1. The van der Waals surface area contributed by atoms with Crippen molar-refractivity contribution in [1.82, 2.24) is 20.1 Å². The zero-order valence-corrected chi connectivity index (χ0v) is 16.0. The molecule has 0 spiro atoms. The molecule has 1 amide bonds. The Morgan fingerprint density at radius 1 is 1.24 bits per heavy atom. The van der Waals surface area contributed by atoms with Crippen LogP contribution < -0.4 is 5.32 Å². The van der Waals surface area contributed by atoms with E-state index in [1.165, 1.54) is 10.9 Å². The van der Waals surface area contributed by atoms with Gasteiger partial charge in [-0.25, -0.2) is 4.98 Å². The summed E-state index contributed by atoms with van der Waals surface area (Å²) in [6, 6.07) is 12.7. The number of pyridine rings is 1. The second kappa shape index (κ2) is 9.48. The fourth-order valence-electron chi connectivity index (χ4n) is 2.77. The standard InChI is InChI=1S/C21H21N5O3/c1-29-12-2-11-23-20(27)17-7-8-19(24-13-17)26-21(28)18(14-25-26)16-5-3-15(4-6-16)9-10-22/h3-8,13-14,28H,2,9,11-12H2,1H3,(H,23,27). The highest BCUT2D eigenvalue weighted by Crippen LogP contribution is 2.30. The minimum Gasteiger partial charge on any atom is -0.493 e. The maximum Gasteiger partial charge on any atom is 0.252 e. The molecule has 0 aliphatic carbocycles. The minimum atomic E-state index is -0.219. The van der Waals surface area contributed by atoms with Crippen LogP contribution >= 0.6 is 0 Å². The average Bonchev–Trinajstić information content (AvgIpc) is 3.13. The van der Waals surface area contributed by atoms with Crippen LogP contribution in [0, 0.1) is 11.3 Å². The Morgan fingerprint density at radius 2 is 2.03 bits per heavy atom. The van der Waals surface area contributed by atoms with E-state index in [0.29, 0.717) is 36.5 Å². The lowest BCUT2D eigenvalue weighted by Crippen LogP contribution is -2.25. The molecule has 0 radical (unpaired) electrons. The average molecular weight is 391 g/mol. The Kier molecular flexibility index (Phi) is 6.55. The van der Waals surface area contributed by atoms with Gasteiger partial charge >= 0.3 is 0 Å². The summed E-state index contributed by atoms with van der Waals surface area (Å²) in [4.78, 5) is 16.3. The van der Waals surface area contributed by atoms with Crippen LogP contribution in [0.2, 0.25) is 0 Å². The third-order valence-electron chi connectivity index (χ3n) is 4.33. The van der Waals surface area contributed by atoms with E-state index in [1.54, 1.807) is 25.4 Å². The van der Waals surface area contributed by atoms with E-state index in [9.17, 15) is 9.90 Å². The van der Waals surface area contributed by atoms with Gasteiger partial charge in [0.2, 0.25) is 5.88 Å². The number of carbonyl (C=O) groups excluding carboxylic acids is 1. The number of nitriles is 1. The van der Waals surface area contributed by atoms with E-state index in [1.807, 2.05) is 24.3 Å². The molecule has 0 saturated heterocycles. The number of aromatic hydroxyl groups is 1. The van der Waals surface area contributed by atoms with Crippen LogP contribution in [0.1, 0.15) is 22.3 Å². The van der Waals surface area contributed by atoms with Gasteiger partial charge in [-0.05, 0) is 29.7 Å². The number of nitrogens with one attached hydrogen (secondary N) is 1. The Hall–Kier alpha value is -3.70. The Labute approximate surface area is 168 Å². The van der Waals surface area contributed by atoms with Crippen molar-refractivity contribution in [2.75, 3.05) is 20.3 Å². The lowest BCUT2D eigenvalue weighted by Gasteiger charge is -2.07. The molecule has 8 heteroatoms. The monoisotopic (exact) mass is 391 g/mol. The summed E-state index contributed by atoms with van der Waals surface area (Å²) in [6.07, 6.45) is 4.06. The van der Waals surface area contributed by atoms with Crippen LogP contribution in [0.3, 0.4) is 0 Å². The van der Waals surface area contributed by atoms with E-state index >= 15 is 0 Å². The van der Waals surface area contributed by atoms with Crippen LogP contribution in [0.25, 0.3) is 16.9 Å². The molecular weight excluding hydrogens is 370 g/mol. The maximum atomic E-state index is 12.1. The van der Waals surface area contributed by atoms with Gasteiger partial charge in [0.05, 0.1) is 29.8 Å². The van der Waals surface area contributed by atoms with E-state index < -0.39 is 0 Å². The van der Waals surface area contributed by atoms with Gasteiger partial charge < -0.3 is 15.2 Å². The first-order valence-electron chi connectivity index (χ1n) is 9.11. The third-order valence-corrected chi connectivity index (χ3v) is 4.33. The minimum absolute atomic E-state index is 0.0534. The molecule has 148 valence electrons. The molecule has 0 aliphatic rings. The number of methoxy groups -OCH3 is 1. The molecular formula is C21H21N5O3. The number of rotatable bonds is 8. The zero-order chi connectivity index (χ0) is 20.6. The number of ether oxygens (including phenoxy) is 1. The van der Waals surface area contributed by atoms with Gasteiger partial charge in [-0.15, -0.1) is 0 Å². The predicted molar refractivity (Wildman–Crippen MR) is 107 cm³/mol. The Morgan fingerprint density at radius 3 is 2.69 bits per heavy atom. The van der Waals surface area contributed by atoms with Crippen LogP contribution in [-0.4, -0.2) is 46.0 Å². The number of nitrogens with zero attached hydrogens (tertiary/aromatic N) is 4. The lowest BCUT2D eigenvalue weighted by molar-refractivity contribution is 0.0948. The molecule has 0 bridgehead atoms. The molecule has 2 aromatic heterocycles. The van der Waals surface area contributed by atoms with E-state index in [2.05, 4.69) is 21.5 Å². The highest BCUT2D eigenvalue weighted by Gasteiger charge is 2.14. The quantitative estimate of drug-likeness (QED) is 0.570. The summed E-state index contributed by atoms with van der Waals surface area (Å²) in [5, 5.41) is 26.3. The maximum absolute atomic E-state index is 12.1. The van der Waals surface area contributed by atoms with Crippen molar-refractivity contribution in [3.05, 3.63) is 59.9 Å². The molecule has 0 atom stereocenters. The topological polar surface area (TPSA) is 113 Å². The summed E-state index contributed by atoms with van der Waals surface area (Å²) < 4.78 is 6.25. The predicted octanol–water partition coefficient (Wildman–Crippen LogP) is 2.47. The van der Waals surface area contributed by atoms with Gasteiger partial charge in [-0.3, -0.25) is 4.79 Å². The van der Waals surface area contributed by atoms with Gasteiger partial charge in [0.1, 0.15) is 0 Å². The zero-order valence-electron chi connectivity index (χ0n) is 16.0. The highest BCUT2D eigenvalue weighted by atomic mass is 16.5. The SMILES string of the molecule is COCCCNC(=O)c1ccc(-n2ncc(-c3ccc(CC#N)cc3)c2O)nc1. The number of aromatic nitrogens is 3. The van der Waals surface area contributed by atoms with Gasteiger partial charge in [-0.1, -0.05) is 24.3 Å². The first kappa shape index (κ1) is 20.0. The molecule has 0 fully saturated rings. The Bertz CT molecular complexity index is 1000. The van der Waals surface area contributed by atoms with Crippen molar-refractivity contribution >= 4 is 5.91 Å². The number of hydrogen-bond donors (Lipinski definition) is 2. The second-order valence-electron chi connectivity index (χ2n) is 6.33. The number of amides is 1. The Balaban J connectivity index is 1.73. The largest absolute Gasteiger partial charge is 0.493 e. The van der Waals surface area contributed by atoms with Gasteiger partial charge in [-0.2, -0.15) is 15.0 Å². The molecule has 0 unspecified atom stereocenters. The molecule has 8 nitrogen and oxygen atoms in total. The molecule has 0 saturated carbocycles. The summed E-state index contributed by atoms with van der Waals surface area (Å²) in [7, 11) is 1.62. The van der Waals surface area contributed by atoms with Crippen molar-refractivity contribution in [3.63, 3.8) is 0 Å². The number of benzene rings is 1. The smallest absolute Gasteiger partial charge is 0.252 e. The molecule has 3 rings (SSSR count). The van der Waals surface area contributed by atoms with Crippen molar-refractivity contribution in [2.24, 2.45) is 0 Å². The molecule has 2 heterocycles. The van der Waals surface area contributed by atoms with Gasteiger partial charge in [0.25, 0.3) is 5.91 Å². The highest BCUT2D eigenvalue weighted by molar-refractivity contribution is 5.93. The van der Waals surface area contributed by atoms with E-state index in [4.69, 9.17) is 10.00 Å². The van der Waals surface area contributed by atoms with E-state index in [0.717, 1.165) is 17.5 Å². The number of carbonyl (C=O) groups is 1. The molecule has 29 heavy (non-hydrogen) atoms. The van der Waals surface area contributed by atoms with Crippen LogP contribution in [0.4, 0.5) is 0 Å². The summed E-state index contributed by atoms with van der Waals surface area (Å²) in [6.45, 7) is 1.10. The fourth-order valence-corrected chi connectivity index (χ4v) is 2.77. The van der Waals surface area contributed by atoms with Crippen LogP contribution in [0.15, 0.2) is 48.8 Å². The summed E-state index contributed by atoms with van der Waals surface area (Å²) in [5.74, 6) is 0.121. The van der Waals surface area contributed by atoms with Crippen LogP contribution in [0.5, 0.6) is 5.88 Å². The first-order valence-corrected chi connectivity index (χ1v) is 9.11. The van der Waals surface area contributed by atoms with Crippen LogP contribution in [-0.2, 0) is 11.2 Å². The number of hydrogen-bond acceptors (Lipinski definition) is 6. The van der Waals surface area contributed by atoms with Crippen molar-refractivity contribution in [3.8, 4) is 28.9 Å². The first-order chi connectivity index (χ1) is 14.1. The summed E-state index contributed by atoms with van der Waals surface area (Å²) >= 11 is 0. The van der Waals surface area contributed by atoms with Gasteiger partial charge in [0, 0.05) is 26.5 Å². The van der Waals surface area contributed by atoms with Crippen molar-refractivity contribution < 1.29 is 14.6 Å². The van der Waals surface area contributed by atoms with Crippen molar-refractivity contribution in [1.29, 1.82) is 5.26 Å². The fraction of sp³-hybridized carbons (Fsp3) is 0.238. The second-order valence-corrected chi connectivity index (χ2v) is 6.33.